The average Bonchev–Trinajstić information content (AvgIpc) is 1.69. The van der Waals surface area contributed by atoms with Crippen molar-refractivity contribution in [1.82, 2.24) is 4.90 Å². The zero-order valence-electron chi connectivity index (χ0n) is 5.63. The topological polar surface area (TPSA) is 3.24 Å². The van der Waals surface area contributed by atoms with Gasteiger partial charge in [-0.2, -0.15) is 0 Å². The summed E-state index contributed by atoms with van der Waals surface area (Å²) in [4.78, 5) is 2.01. The molecule has 0 saturated heterocycles. The van der Waals surface area contributed by atoms with E-state index in [-0.39, 0.29) is 21.1 Å². The average molecular weight is 245 g/mol. The number of rotatable bonds is 2. The predicted molar refractivity (Wildman–Crippen MR) is 44.5 cm³/mol. The van der Waals surface area contributed by atoms with E-state index in [9.17, 15) is 0 Å². The van der Waals surface area contributed by atoms with Crippen molar-refractivity contribution in [3.63, 3.8) is 0 Å². The summed E-state index contributed by atoms with van der Waals surface area (Å²) in [6.45, 7) is 6.04. The number of thiocarbonyl (C=S) groups is 1. The van der Waals surface area contributed by atoms with Gasteiger partial charge in [0.05, 0.1) is 0 Å². The van der Waals surface area contributed by atoms with Gasteiger partial charge in [-0.05, 0) is 13.8 Å². The summed E-state index contributed by atoms with van der Waals surface area (Å²) in [6, 6.07) is 0. The van der Waals surface area contributed by atoms with Crippen LogP contribution in [0, 0.1) is 0 Å². The molecule has 4 heteroatoms. The molecular weight excluding hydrogens is 234 g/mol. The summed E-state index contributed by atoms with van der Waals surface area (Å²) in [6.07, 6.45) is 0. The molecule has 0 N–H and O–H groups in total. The Labute approximate surface area is 81.9 Å². The van der Waals surface area contributed by atoms with Crippen molar-refractivity contribution >= 4 is 29.2 Å². The van der Waals surface area contributed by atoms with Crippen LogP contribution >= 0.6 is 24.8 Å². The first-order chi connectivity index (χ1) is 3.72. The Morgan fingerprint density at radius 3 is 1.78 bits per heavy atom. The van der Waals surface area contributed by atoms with Crippen LogP contribution in [0.3, 0.4) is 0 Å². The Bertz CT molecular complexity index is 83.0. The SMILES string of the molecule is CCN(CC)C(=S)S.[Mo]. The zero-order chi connectivity index (χ0) is 6.57. The minimum absolute atomic E-state index is 0. The maximum absolute atomic E-state index is 4.81. The Hall–Kier alpha value is 0.928. The van der Waals surface area contributed by atoms with Gasteiger partial charge in [0, 0.05) is 34.2 Å². The molecule has 9 heavy (non-hydrogen) atoms. The maximum atomic E-state index is 4.81. The normalized spacial score (nSPS) is 7.89. The Morgan fingerprint density at radius 2 is 1.78 bits per heavy atom. The summed E-state index contributed by atoms with van der Waals surface area (Å²) in [5.74, 6) is 0. The van der Waals surface area contributed by atoms with E-state index < -0.39 is 0 Å². The molecule has 0 fully saturated rings. The molecule has 0 aliphatic carbocycles. The van der Waals surface area contributed by atoms with E-state index in [1.54, 1.807) is 0 Å². The molecule has 0 heterocycles. The second kappa shape index (κ2) is 7.04. The van der Waals surface area contributed by atoms with Crippen LogP contribution in [0.15, 0.2) is 0 Å². The van der Waals surface area contributed by atoms with Crippen molar-refractivity contribution < 1.29 is 21.1 Å². The van der Waals surface area contributed by atoms with E-state index >= 15 is 0 Å². The monoisotopic (exact) mass is 247 g/mol. The standard InChI is InChI=1S/C5H11NS2.Mo/c1-3-6(4-2)5(7)8;/h3-4H2,1-2H3,(H,7,8);. The van der Waals surface area contributed by atoms with Crippen LogP contribution in [-0.4, -0.2) is 22.3 Å². The molecule has 0 radical (unpaired) electrons. The third kappa shape index (κ3) is 5.38. The van der Waals surface area contributed by atoms with Gasteiger partial charge in [-0.25, -0.2) is 0 Å². The fourth-order valence-electron chi connectivity index (χ4n) is 0.494. The summed E-state index contributed by atoms with van der Waals surface area (Å²) in [5.41, 5.74) is 0. The quantitative estimate of drug-likeness (QED) is 0.446. The van der Waals surface area contributed by atoms with Gasteiger partial charge in [-0.3, -0.25) is 0 Å². The molecule has 0 aromatic carbocycles. The molecule has 0 spiro atoms. The van der Waals surface area contributed by atoms with E-state index in [1.165, 1.54) is 0 Å². The van der Waals surface area contributed by atoms with Gasteiger partial charge in [-0.15, -0.1) is 12.6 Å². The molecule has 0 atom stereocenters. The number of thiol groups is 1. The van der Waals surface area contributed by atoms with E-state index in [0.717, 1.165) is 13.1 Å². The molecule has 1 nitrogen and oxygen atoms in total. The molecule has 0 amide bonds. The molecule has 0 rings (SSSR count). The van der Waals surface area contributed by atoms with Crippen LogP contribution in [0.2, 0.25) is 0 Å². The molecule has 0 aromatic heterocycles. The van der Waals surface area contributed by atoms with Crippen LogP contribution < -0.4 is 0 Å². The van der Waals surface area contributed by atoms with Crippen LogP contribution in [0.25, 0.3) is 0 Å². The summed E-state index contributed by atoms with van der Waals surface area (Å²) < 4.78 is 0.690. The first-order valence-corrected chi connectivity index (χ1v) is 3.55. The Balaban J connectivity index is 0. The fraction of sp³-hybridized carbons (Fsp3) is 0.800. The smallest absolute Gasteiger partial charge is 0.133 e. The van der Waals surface area contributed by atoms with Gasteiger partial charge in [-0.1, -0.05) is 12.2 Å². The second-order valence-electron chi connectivity index (χ2n) is 1.45. The van der Waals surface area contributed by atoms with E-state index in [0.29, 0.717) is 4.32 Å². The summed E-state index contributed by atoms with van der Waals surface area (Å²) in [5, 5.41) is 0. The van der Waals surface area contributed by atoms with Crippen LogP contribution in [0.4, 0.5) is 0 Å². The van der Waals surface area contributed by atoms with Crippen molar-refractivity contribution in [2.75, 3.05) is 13.1 Å². The van der Waals surface area contributed by atoms with Gasteiger partial charge in [0.2, 0.25) is 0 Å². The van der Waals surface area contributed by atoms with Crippen molar-refractivity contribution in [3.05, 3.63) is 0 Å². The fourth-order valence-corrected chi connectivity index (χ4v) is 1.04. The van der Waals surface area contributed by atoms with Gasteiger partial charge in [0.1, 0.15) is 4.32 Å². The minimum Gasteiger partial charge on any atom is -0.358 e. The van der Waals surface area contributed by atoms with Crippen molar-refractivity contribution in [2.24, 2.45) is 0 Å². The van der Waals surface area contributed by atoms with Crippen molar-refractivity contribution in [2.45, 2.75) is 13.8 Å². The number of nitrogens with zero attached hydrogens (tertiary/aromatic N) is 1. The van der Waals surface area contributed by atoms with Crippen molar-refractivity contribution in [1.29, 1.82) is 0 Å². The third-order valence-electron chi connectivity index (χ3n) is 1.03. The molecule has 0 saturated carbocycles. The van der Waals surface area contributed by atoms with Crippen LogP contribution in [0.1, 0.15) is 13.8 Å². The number of hydrogen-bond donors (Lipinski definition) is 1. The molecule has 54 valence electrons. The molecule has 0 aromatic rings. The molecule has 0 aliphatic heterocycles. The second-order valence-corrected chi connectivity index (χ2v) is 2.57. The van der Waals surface area contributed by atoms with E-state index in [1.807, 2.05) is 4.90 Å². The Morgan fingerprint density at radius 1 is 1.44 bits per heavy atom. The summed E-state index contributed by atoms with van der Waals surface area (Å²) >= 11 is 8.82. The minimum atomic E-state index is 0. The van der Waals surface area contributed by atoms with Gasteiger partial charge in [0.15, 0.2) is 0 Å². The largest absolute Gasteiger partial charge is 0.358 e. The van der Waals surface area contributed by atoms with E-state index in [2.05, 4.69) is 26.5 Å². The van der Waals surface area contributed by atoms with Gasteiger partial charge in [0.25, 0.3) is 0 Å². The van der Waals surface area contributed by atoms with Crippen LogP contribution in [0.5, 0.6) is 0 Å². The maximum Gasteiger partial charge on any atom is 0.133 e. The van der Waals surface area contributed by atoms with Crippen molar-refractivity contribution in [3.8, 4) is 0 Å². The molecule has 0 aliphatic rings. The third-order valence-corrected chi connectivity index (χ3v) is 1.58. The first kappa shape index (κ1) is 12.6. The van der Waals surface area contributed by atoms with Gasteiger partial charge >= 0.3 is 0 Å². The van der Waals surface area contributed by atoms with Gasteiger partial charge < -0.3 is 4.90 Å². The molecular formula is C5H11MoNS2. The number of hydrogen-bond acceptors (Lipinski definition) is 1. The summed E-state index contributed by atoms with van der Waals surface area (Å²) in [7, 11) is 0. The van der Waals surface area contributed by atoms with Crippen LogP contribution in [-0.2, 0) is 21.1 Å². The Kier molecular flexibility index (Phi) is 9.85. The van der Waals surface area contributed by atoms with E-state index in [4.69, 9.17) is 12.2 Å². The first-order valence-electron chi connectivity index (χ1n) is 2.70. The predicted octanol–water partition coefficient (Wildman–Crippen LogP) is 1.54. The molecule has 0 bridgehead atoms. The molecule has 0 unspecified atom stereocenters. The zero-order valence-corrected chi connectivity index (χ0v) is 9.34.